The molecule has 0 saturated heterocycles. The maximum Gasteiger partial charge on any atom is 0.305 e. The van der Waals surface area contributed by atoms with Crippen LogP contribution in [0.25, 0.3) is 0 Å². The lowest BCUT2D eigenvalue weighted by molar-refractivity contribution is -0.143. The minimum Gasteiger partial charge on any atom is -0.466 e. The summed E-state index contributed by atoms with van der Waals surface area (Å²) in [5.41, 5.74) is 0. The van der Waals surface area contributed by atoms with Crippen LogP contribution in [0.2, 0.25) is 0 Å². The number of carbonyl (C=O) groups excluding carboxylic acids is 2. The third kappa shape index (κ3) is 69.7. The maximum atomic E-state index is 12.5. The van der Waals surface area contributed by atoms with Crippen LogP contribution in [-0.2, 0) is 14.3 Å². The van der Waals surface area contributed by atoms with Gasteiger partial charge in [-0.3, -0.25) is 9.59 Å². The summed E-state index contributed by atoms with van der Waals surface area (Å²) in [4.78, 5) is 24.7. The number of nitrogens with one attached hydrogen (secondary N) is 1. The minimum atomic E-state index is -0.663. The number of amides is 1. The topological polar surface area (TPSA) is 95.9 Å². The fourth-order valence-corrected chi connectivity index (χ4v) is 12.6. The van der Waals surface area contributed by atoms with Gasteiger partial charge < -0.3 is 20.3 Å². The van der Waals surface area contributed by atoms with E-state index < -0.39 is 12.1 Å². The van der Waals surface area contributed by atoms with E-state index in [0.717, 1.165) is 38.5 Å². The molecule has 0 aliphatic carbocycles. The van der Waals surface area contributed by atoms with Crippen molar-refractivity contribution in [3.63, 3.8) is 0 Å². The SMILES string of the molecule is CCCCCCCCCCCCCCCCCCCCCC(=O)OCCCCCCCCCCCCCC/C=C\CCCCCCCCCCCCCCCCCC(=O)NC(CO)C(O)CCCCCCCCCCCCCCCCCCC. The molecule has 0 heterocycles. The number of aliphatic hydroxyl groups is 2. The van der Waals surface area contributed by atoms with E-state index >= 15 is 0 Å². The summed E-state index contributed by atoms with van der Waals surface area (Å²) >= 11 is 0. The lowest BCUT2D eigenvalue weighted by Crippen LogP contribution is -2.45. The number of esters is 1. The van der Waals surface area contributed by atoms with Crippen molar-refractivity contribution in [3.8, 4) is 0 Å². The molecule has 0 aromatic rings. The Morgan fingerprint density at radius 3 is 0.845 bits per heavy atom. The van der Waals surface area contributed by atoms with Crippen molar-refractivity contribution < 1.29 is 24.5 Å². The first-order valence-corrected chi connectivity index (χ1v) is 38.9. The highest BCUT2D eigenvalue weighted by molar-refractivity contribution is 5.76. The van der Waals surface area contributed by atoms with Crippen molar-refractivity contribution in [2.24, 2.45) is 0 Å². The number of ether oxygens (including phenoxy) is 1. The molecule has 6 nitrogen and oxygen atoms in total. The second kappa shape index (κ2) is 74.1. The van der Waals surface area contributed by atoms with E-state index in [-0.39, 0.29) is 18.5 Å². The zero-order valence-electron chi connectivity index (χ0n) is 57.4. The van der Waals surface area contributed by atoms with Crippen LogP contribution in [0, 0.1) is 0 Å². The lowest BCUT2D eigenvalue weighted by Gasteiger charge is -2.22. The third-order valence-electron chi connectivity index (χ3n) is 18.6. The van der Waals surface area contributed by atoms with Gasteiger partial charge in [0.15, 0.2) is 0 Å². The van der Waals surface area contributed by atoms with Crippen LogP contribution in [0.3, 0.4) is 0 Å². The fraction of sp³-hybridized carbons (Fsp3) is 0.949. The summed E-state index contributed by atoms with van der Waals surface area (Å²) in [6.45, 7) is 5.01. The molecule has 0 aliphatic heterocycles. The summed E-state index contributed by atoms with van der Waals surface area (Å²) in [6.07, 6.45) is 93.0. The molecule has 0 aromatic heterocycles. The number of hydrogen-bond acceptors (Lipinski definition) is 5. The standard InChI is InChI=1S/C78H153NO5/c1-3-5-7-9-11-13-15-17-19-21-35-40-44-48-52-56-60-64-68-72-78(83)84-73-69-65-61-57-53-49-45-41-37-34-32-30-28-26-24-22-23-25-27-29-31-33-36-39-43-47-51-55-59-63-67-71-77(82)79-75(74-80)76(81)70-66-62-58-54-50-46-42-38-20-18-16-14-12-10-8-6-4-2/h24,26,75-76,80-81H,3-23,25,27-74H2,1-2H3,(H,79,82)/b26-24-. The molecule has 84 heavy (non-hydrogen) atoms. The normalized spacial score (nSPS) is 12.5. The lowest BCUT2D eigenvalue weighted by atomic mass is 10.0. The number of allylic oxidation sites excluding steroid dienone is 2. The van der Waals surface area contributed by atoms with Crippen LogP contribution in [0.1, 0.15) is 450 Å². The second-order valence-corrected chi connectivity index (χ2v) is 27.0. The molecule has 6 heteroatoms. The van der Waals surface area contributed by atoms with Crippen LogP contribution in [0.5, 0.6) is 0 Å². The molecule has 3 N–H and O–H groups in total. The molecule has 0 fully saturated rings. The minimum absolute atomic E-state index is 0.0238. The van der Waals surface area contributed by atoms with Crippen molar-refractivity contribution >= 4 is 11.9 Å². The predicted octanol–water partition coefficient (Wildman–Crippen LogP) is 25.5. The van der Waals surface area contributed by atoms with Gasteiger partial charge in [-0.15, -0.1) is 0 Å². The second-order valence-electron chi connectivity index (χ2n) is 27.0. The van der Waals surface area contributed by atoms with Crippen LogP contribution in [0.4, 0.5) is 0 Å². The number of rotatable bonds is 74. The molecule has 1 amide bonds. The smallest absolute Gasteiger partial charge is 0.305 e. The molecular formula is C78H153NO5. The Morgan fingerprint density at radius 2 is 0.560 bits per heavy atom. The molecule has 0 bridgehead atoms. The molecule has 0 spiro atoms. The van der Waals surface area contributed by atoms with Gasteiger partial charge in [-0.25, -0.2) is 0 Å². The van der Waals surface area contributed by atoms with Gasteiger partial charge in [0, 0.05) is 12.8 Å². The Labute approximate surface area is 527 Å². The van der Waals surface area contributed by atoms with Crippen molar-refractivity contribution in [2.45, 2.75) is 463 Å². The Hall–Kier alpha value is -1.40. The Bertz CT molecular complexity index is 1270. The summed E-state index contributed by atoms with van der Waals surface area (Å²) in [5.74, 6) is -0.00462. The Morgan fingerprint density at radius 1 is 0.321 bits per heavy atom. The van der Waals surface area contributed by atoms with Gasteiger partial charge in [0.2, 0.25) is 5.91 Å². The quantitative estimate of drug-likeness (QED) is 0.0320. The van der Waals surface area contributed by atoms with E-state index in [1.165, 1.54) is 379 Å². The van der Waals surface area contributed by atoms with E-state index in [2.05, 4.69) is 31.3 Å². The first-order valence-electron chi connectivity index (χ1n) is 38.9. The van der Waals surface area contributed by atoms with Crippen LogP contribution in [-0.4, -0.2) is 47.4 Å². The first-order chi connectivity index (χ1) is 41.5. The zero-order chi connectivity index (χ0) is 60.6. The van der Waals surface area contributed by atoms with Gasteiger partial charge in [-0.2, -0.15) is 0 Å². The summed E-state index contributed by atoms with van der Waals surface area (Å²) in [6, 6.07) is -0.540. The van der Waals surface area contributed by atoms with Gasteiger partial charge in [0.05, 0.1) is 25.4 Å². The van der Waals surface area contributed by atoms with Gasteiger partial charge in [0.1, 0.15) is 0 Å². The average Bonchev–Trinajstić information content (AvgIpc) is 3.51. The van der Waals surface area contributed by atoms with Crippen molar-refractivity contribution in [1.82, 2.24) is 5.32 Å². The highest BCUT2D eigenvalue weighted by Gasteiger charge is 2.20. The monoisotopic (exact) mass is 1180 g/mol. The molecule has 0 aliphatic rings. The van der Waals surface area contributed by atoms with E-state index in [4.69, 9.17) is 4.74 Å². The molecule has 2 unspecified atom stereocenters. The molecule has 0 saturated carbocycles. The molecule has 0 rings (SSSR count). The van der Waals surface area contributed by atoms with Crippen LogP contribution < -0.4 is 5.32 Å². The largest absolute Gasteiger partial charge is 0.466 e. The molecule has 0 aromatic carbocycles. The summed E-state index contributed by atoms with van der Waals surface area (Å²) in [5, 5.41) is 23.4. The highest BCUT2D eigenvalue weighted by atomic mass is 16.5. The third-order valence-corrected chi connectivity index (χ3v) is 18.6. The summed E-state index contributed by atoms with van der Waals surface area (Å²) in [7, 11) is 0. The van der Waals surface area contributed by atoms with Crippen molar-refractivity contribution in [1.29, 1.82) is 0 Å². The summed E-state index contributed by atoms with van der Waals surface area (Å²) < 4.78 is 5.52. The van der Waals surface area contributed by atoms with Crippen molar-refractivity contribution in [2.75, 3.05) is 13.2 Å². The van der Waals surface area contributed by atoms with Gasteiger partial charge in [0.25, 0.3) is 0 Å². The predicted molar refractivity (Wildman–Crippen MR) is 370 cm³/mol. The molecule has 0 radical (unpaired) electrons. The van der Waals surface area contributed by atoms with E-state index in [1.807, 2.05) is 0 Å². The van der Waals surface area contributed by atoms with Gasteiger partial charge in [-0.05, 0) is 51.4 Å². The molecular weight excluding hydrogens is 1030 g/mol. The van der Waals surface area contributed by atoms with Crippen LogP contribution in [0.15, 0.2) is 12.2 Å². The van der Waals surface area contributed by atoms with Gasteiger partial charge in [-0.1, -0.05) is 398 Å². The zero-order valence-corrected chi connectivity index (χ0v) is 57.4. The average molecular weight is 1190 g/mol. The number of hydrogen-bond donors (Lipinski definition) is 3. The maximum absolute atomic E-state index is 12.5. The highest BCUT2D eigenvalue weighted by Crippen LogP contribution is 2.20. The van der Waals surface area contributed by atoms with E-state index in [0.29, 0.717) is 25.9 Å². The Kier molecular flexibility index (Phi) is 72.8. The number of carbonyl (C=O) groups is 2. The Balaban J connectivity index is 3.33. The van der Waals surface area contributed by atoms with E-state index in [1.54, 1.807) is 0 Å². The molecule has 2 atom stereocenters. The first kappa shape index (κ1) is 82.6. The van der Waals surface area contributed by atoms with Crippen LogP contribution >= 0.6 is 0 Å². The van der Waals surface area contributed by atoms with Crippen molar-refractivity contribution in [3.05, 3.63) is 12.2 Å². The molecule has 500 valence electrons. The van der Waals surface area contributed by atoms with E-state index in [9.17, 15) is 19.8 Å². The van der Waals surface area contributed by atoms with Gasteiger partial charge >= 0.3 is 5.97 Å². The number of unbranched alkanes of at least 4 members (excludes halogenated alkanes) is 61. The fourth-order valence-electron chi connectivity index (χ4n) is 12.6. The number of aliphatic hydroxyl groups excluding tert-OH is 2.